The molecule has 108 valence electrons. The fourth-order valence-corrected chi connectivity index (χ4v) is 3.53. The zero-order valence-corrected chi connectivity index (χ0v) is 12.8. The van der Waals surface area contributed by atoms with Crippen molar-refractivity contribution in [1.82, 2.24) is 14.7 Å². The number of rotatable bonds is 5. The van der Waals surface area contributed by atoms with Crippen LogP contribution >= 0.6 is 22.9 Å². The van der Waals surface area contributed by atoms with Crippen molar-refractivity contribution in [3.8, 4) is 0 Å². The van der Waals surface area contributed by atoms with Gasteiger partial charge in [-0.05, 0) is 6.07 Å². The van der Waals surface area contributed by atoms with E-state index in [1.165, 1.54) is 11.3 Å². The summed E-state index contributed by atoms with van der Waals surface area (Å²) in [6.45, 7) is 2.09. The summed E-state index contributed by atoms with van der Waals surface area (Å²) >= 11 is 7.09. The van der Waals surface area contributed by atoms with Crippen molar-refractivity contribution in [2.24, 2.45) is 0 Å². The third-order valence-corrected chi connectivity index (χ3v) is 5.29. The third-order valence-electron chi connectivity index (χ3n) is 2.59. The van der Waals surface area contributed by atoms with Crippen LogP contribution in [0.3, 0.4) is 0 Å². The monoisotopic (exact) mass is 333 g/mol. The lowest BCUT2D eigenvalue weighted by Crippen LogP contribution is -2.28. The minimum absolute atomic E-state index is 0.0389. The highest BCUT2D eigenvalue weighted by Gasteiger charge is 2.18. The highest BCUT2D eigenvalue weighted by atomic mass is 35.5. The van der Waals surface area contributed by atoms with Crippen LogP contribution in [0.4, 0.5) is 0 Å². The Morgan fingerprint density at radius 1 is 1.55 bits per heavy atom. The molecule has 0 aliphatic carbocycles. The van der Waals surface area contributed by atoms with Gasteiger partial charge in [-0.25, -0.2) is 18.1 Å². The van der Waals surface area contributed by atoms with Gasteiger partial charge in [0.1, 0.15) is 5.02 Å². The number of aromatic amines is 1. The maximum Gasteiger partial charge on any atom is 0.266 e. The summed E-state index contributed by atoms with van der Waals surface area (Å²) in [4.78, 5) is 17.4. The number of aromatic nitrogens is 2. The van der Waals surface area contributed by atoms with Gasteiger partial charge < -0.3 is 4.98 Å². The predicted octanol–water partition coefficient (Wildman–Crippen LogP) is 1.57. The van der Waals surface area contributed by atoms with Gasteiger partial charge in [-0.3, -0.25) is 4.79 Å². The molecule has 0 aliphatic rings. The average molecular weight is 334 g/mol. The number of sulfonamides is 1. The molecule has 0 aliphatic heterocycles. The van der Waals surface area contributed by atoms with Crippen LogP contribution in [0.1, 0.15) is 17.8 Å². The zero-order chi connectivity index (χ0) is 14.8. The fraction of sp³-hybridized carbons (Fsp3) is 0.273. The summed E-state index contributed by atoms with van der Waals surface area (Å²) < 4.78 is 26.6. The lowest BCUT2D eigenvalue weighted by atomic mass is 10.2. The van der Waals surface area contributed by atoms with Crippen LogP contribution in [0.15, 0.2) is 33.5 Å². The van der Waals surface area contributed by atoms with Gasteiger partial charge in [-0.1, -0.05) is 18.5 Å². The SMILES string of the molecule is CC(CNS(=O)(=O)c1c[nH]c(=O)c(Cl)c1)c1nccs1. The van der Waals surface area contributed by atoms with Crippen LogP contribution in [0, 0.1) is 0 Å². The molecule has 0 saturated carbocycles. The quantitative estimate of drug-likeness (QED) is 0.868. The Morgan fingerprint density at radius 3 is 2.90 bits per heavy atom. The molecular formula is C11H12ClN3O3S2. The molecule has 0 spiro atoms. The van der Waals surface area contributed by atoms with Gasteiger partial charge in [-0.2, -0.15) is 0 Å². The molecule has 0 saturated heterocycles. The summed E-state index contributed by atoms with van der Waals surface area (Å²) in [5, 5.41) is 2.52. The second-order valence-corrected chi connectivity index (χ2v) is 7.24. The molecule has 2 heterocycles. The summed E-state index contributed by atoms with van der Waals surface area (Å²) in [5.41, 5.74) is -0.526. The Balaban J connectivity index is 2.11. The Bertz CT molecular complexity index is 741. The van der Waals surface area contributed by atoms with E-state index in [1.807, 2.05) is 12.3 Å². The number of hydrogen-bond acceptors (Lipinski definition) is 5. The van der Waals surface area contributed by atoms with Gasteiger partial charge in [0.15, 0.2) is 0 Å². The van der Waals surface area contributed by atoms with Crippen molar-refractivity contribution < 1.29 is 8.42 Å². The maximum absolute atomic E-state index is 12.1. The van der Waals surface area contributed by atoms with E-state index in [1.54, 1.807) is 6.20 Å². The molecule has 0 bridgehead atoms. The fourth-order valence-electron chi connectivity index (χ4n) is 1.48. The minimum Gasteiger partial charge on any atom is -0.326 e. The molecular weight excluding hydrogens is 322 g/mol. The van der Waals surface area contributed by atoms with Gasteiger partial charge in [0.2, 0.25) is 10.0 Å². The Morgan fingerprint density at radius 2 is 2.30 bits per heavy atom. The van der Waals surface area contributed by atoms with Crippen molar-refractivity contribution >= 4 is 33.0 Å². The predicted molar refractivity (Wildman–Crippen MR) is 77.8 cm³/mol. The minimum atomic E-state index is -3.71. The number of nitrogens with zero attached hydrogens (tertiary/aromatic N) is 1. The lowest BCUT2D eigenvalue weighted by Gasteiger charge is -2.10. The van der Waals surface area contributed by atoms with E-state index in [2.05, 4.69) is 14.7 Å². The van der Waals surface area contributed by atoms with E-state index in [0.717, 1.165) is 17.3 Å². The van der Waals surface area contributed by atoms with Crippen LogP contribution < -0.4 is 10.3 Å². The first kappa shape index (κ1) is 15.2. The average Bonchev–Trinajstić information content (AvgIpc) is 2.93. The van der Waals surface area contributed by atoms with E-state index in [-0.39, 0.29) is 22.4 Å². The van der Waals surface area contributed by atoms with Crippen LogP contribution in [0.2, 0.25) is 5.02 Å². The van der Waals surface area contributed by atoms with Crippen LogP contribution in [-0.2, 0) is 10.0 Å². The standard InChI is InChI=1S/C11H12ClN3O3S2/c1-7(11-13-2-3-19-11)5-15-20(17,18)8-4-9(12)10(16)14-6-8/h2-4,6-7,15H,5H2,1H3,(H,14,16). The van der Waals surface area contributed by atoms with E-state index in [4.69, 9.17) is 11.6 Å². The van der Waals surface area contributed by atoms with Gasteiger partial charge in [0, 0.05) is 30.2 Å². The van der Waals surface area contributed by atoms with Gasteiger partial charge in [0.05, 0.1) is 9.90 Å². The van der Waals surface area contributed by atoms with E-state index >= 15 is 0 Å². The number of hydrogen-bond donors (Lipinski definition) is 2. The van der Waals surface area contributed by atoms with Crippen molar-refractivity contribution in [3.05, 3.63) is 44.2 Å². The van der Waals surface area contributed by atoms with Crippen molar-refractivity contribution in [2.45, 2.75) is 17.7 Å². The molecule has 9 heteroatoms. The molecule has 0 amide bonds. The summed E-state index contributed by atoms with van der Waals surface area (Å²) in [6, 6.07) is 1.12. The number of thiazole rings is 1. The van der Waals surface area contributed by atoms with Gasteiger partial charge in [-0.15, -0.1) is 11.3 Å². The number of pyridine rings is 1. The zero-order valence-electron chi connectivity index (χ0n) is 10.5. The molecule has 2 aromatic heterocycles. The Labute approximate surface area is 124 Å². The largest absolute Gasteiger partial charge is 0.326 e. The molecule has 0 aromatic carbocycles. The first-order chi connectivity index (χ1) is 9.40. The molecule has 2 N–H and O–H groups in total. The van der Waals surface area contributed by atoms with Crippen LogP contribution in [-0.4, -0.2) is 24.9 Å². The third kappa shape index (κ3) is 3.45. The molecule has 0 fully saturated rings. The highest BCUT2D eigenvalue weighted by molar-refractivity contribution is 7.89. The normalized spacial score (nSPS) is 13.3. The molecule has 1 atom stereocenters. The molecule has 1 unspecified atom stereocenters. The molecule has 2 rings (SSSR count). The van der Waals surface area contributed by atoms with E-state index < -0.39 is 15.6 Å². The topological polar surface area (TPSA) is 91.9 Å². The molecule has 6 nitrogen and oxygen atoms in total. The lowest BCUT2D eigenvalue weighted by molar-refractivity contribution is 0.574. The number of halogens is 1. The molecule has 2 aromatic rings. The summed E-state index contributed by atoms with van der Waals surface area (Å²) in [6.07, 6.45) is 2.79. The second kappa shape index (κ2) is 6.04. The van der Waals surface area contributed by atoms with Crippen LogP contribution in [0.25, 0.3) is 0 Å². The van der Waals surface area contributed by atoms with E-state index in [0.29, 0.717) is 0 Å². The molecule has 20 heavy (non-hydrogen) atoms. The maximum atomic E-state index is 12.1. The Kier molecular flexibility index (Phi) is 4.59. The van der Waals surface area contributed by atoms with Crippen molar-refractivity contribution in [1.29, 1.82) is 0 Å². The summed E-state index contributed by atoms with van der Waals surface area (Å²) in [7, 11) is -3.71. The first-order valence-corrected chi connectivity index (χ1v) is 8.41. The molecule has 0 radical (unpaired) electrons. The Hall–Kier alpha value is -1.22. The number of nitrogens with one attached hydrogen (secondary N) is 2. The number of H-pyrrole nitrogens is 1. The van der Waals surface area contributed by atoms with Crippen molar-refractivity contribution in [2.75, 3.05) is 6.54 Å². The second-order valence-electron chi connectivity index (χ2n) is 4.14. The van der Waals surface area contributed by atoms with Gasteiger partial charge in [0.25, 0.3) is 5.56 Å². The van der Waals surface area contributed by atoms with Gasteiger partial charge >= 0.3 is 0 Å². The summed E-state index contributed by atoms with van der Waals surface area (Å²) in [5.74, 6) is -0.0389. The van der Waals surface area contributed by atoms with Crippen LogP contribution in [0.5, 0.6) is 0 Å². The highest BCUT2D eigenvalue weighted by Crippen LogP contribution is 2.17. The van der Waals surface area contributed by atoms with E-state index in [9.17, 15) is 13.2 Å². The first-order valence-electron chi connectivity index (χ1n) is 5.67. The van der Waals surface area contributed by atoms with Crippen molar-refractivity contribution in [3.63, 3.8) is 0 Å². The smallest absolute Gasteiger partial charge is 0.266 e.